The molecule has 0 spiro atoms. The average molecular weight is 293 g/mol. The molecule has 0 saturated heterocycles. The summed E-state index contributed by atoms with van der Waals surface area (Å²) in [6.07, 6.45) is 2.07. The molecule has 0 aliphatic heterocycles. The number of carboxylic acids is 1. The first kappa shape index (κ1) is 17.0. The number of rotatable bonds is 8. The minimum absolute atomic E-state index is 0.183. The van der Waals surface area contributed by atoms with E-state index < -0.39 is 11.9 Å². The maximum absolute atomic E-state index is 12.2. The number of ether oxygens (including phenoxy) is 1. The predicted octanol–water partition coefficient (Wildman–Crippen LogP) is 2.66. The standard InChI is InChI=1S/C16H23NO4/c1-4-5-10-21-14-8-6-13(7-9-14)15(18)17(3)11-12(2)16(19)20/h6-9,12H,4-5,10-11H2,1-3H3,(H,19,20). The van der Waals surface area contributed by atoms with E-state index in [1.807, 2.05) is 0 Å². The van der Waals surface area contributed by atoms with E-state index in [4.69, 9.17) is 9.84 Å². The Morgan fingerprint density at radius 2 is 1.90 bits per heavy atom. The van der Waals surface area contributed by atoms with E-state index in [-0.39, 0.29) is 12.5 Å². The third kappa shape index (κ3) is 5.45. The van der Waals surface area contributed by atoms with Crippen LogP contribution in [0.5, 0.6) is 5.75 Å². The molecule has 0 radical (unpaired) electrons. The molecule has 1 amide bonds. The highest BCUT2D eigenvalue weighted by Gasteiger charge is 2.18. The molecule has 21 heavy (non-hydrogen) atoms. The summed E-state index contributed by atoms with van der Waals surface area (Å²) in [5.74, 6) is -0.949. The van der Waals surface area contributed by atoms with Gasteiger partial charge in [-0.3, -0.25) is 9.59 Å². The Morgan fingerprint density at radius 3 is 2.43 bits per heavy atom. The molecule has 0 aromatic heterocycles. The molecule has 5 nitrogen and oxygen atoms in total. The molecule has 0 aliphatic carbocycles. The fourth-order valence-corrected chi connectivity index (χ4v) is 1.82. The molecule has 0 bridgehead atoms. The van der Waals surface area contributed by atoms with E-state index in [2.05, 4.69) is 6.92 Å². The zero-order chi connectivity index (χ0) is 15.8. The minimum atomic E-state index is -0.908. The summed E-state index contributed by atoms with van der Waals surface area (Å²) < 4.78 is 5.54. The van der Waals surface area contributed by atoms with Gasteiger partial charge in [0, 0.05) is 19.2 Å². The number of nitrogens with zero attached hydrogens (tertiary/aromatic N) is 1. The fraction of sp³-hybridized carbons (Fsp3) is 0.500. The van der Waals surface area contributed by atoms with Crippen molar-refractivity contribution in [1.82, 2.24) is 4.90 Å². The molecule has 0 heterocycles. The highest BCUT2D eigenvalue weighted by molar-refractivity contribution is 5.94. The Morgan fingerprint density at radius 1 is 1.29 bits per heavy atom. The molecule has 116 valence electrons. The molecule has 1 aromatic carbocycles. The topological polar surface area (TPSA) is 66.8 Å². The quantitative estimate of drug-likeness (QED) is 0.748. The van der Waals surface area contributed by atoms with Crippen molar-refractivity contribution in [2.75, 3.05) is 20.2 Å². The minimum Gasteiger partial charge on any atom is -0.494 e. The van der Waals surface area contributed by atoms with Crippen LogP contribution in [-0.2, 0) is 4.79 Å². The Kier molecular flexibility index (Phi) is 6.72. The number of benzene rings is 1. The van der Waals surface area contributed by atoms with Crippen LogP contribution in [0, 0.1) is 5.92 Å². The van der Waals surface area contributed by atoms with Gasteiger partial charge in [-0.25, -0.2) is 0 Å². The maximum atomic E-state index is 12.2. The van der Waals surface area contributed by atoms with Crippen LogP contribution in [0.25, 0.3) is 0 Å². The largest absolute Gasteiger partial charge is 0.494 e. The highest BCUT2D eigenvalue weighted by atomic mass is 16.5. The van der Waals surface area contributed by atoms with Crippen molar-refractivity contribution in [2.45, 2.75) is 26.7 Å². The Bertz CT molecular complexity index is 470. The molecule has 1 aromatic rings. The van der Waals surface area contributed by atoms with Crippen molar-refractivity contribution in [1.29, 1.82) is 0 Å². The van der Waals surface area contributed by atoms with Crippen molar-refractivity contribution < 1.29 is 19.4 Å². The number of carbonyl (C=O) groups is 2. The Hall–Kier alpha value is -2.04. The SMILES string of the molecule is CCCCOc1ccc(C(=O)N(C)CC(C)C(=O)O)cc1. The number of aliphatic carboxylic acids is 1. The van der Waals surface area contributed by atoms with Crippen LogP contribution in [0.1, 0.15) is 37.0 Å². The molecule has 1 N–H and O–H groups in total. The molecule has 5 heteroatoms. The first-order chi connectivity index (χ1) is 9.95. The van der Waals surface area contributed by atoms with Crippen LogP contribution in [0.2, 0.25) is 0 Å². The molecule has 1 atom stereocenters. The van der Waals surface area contributed by atoms with Gasteiger partial charge in [-0.1, -0.05) is 20.3 Å². The molecule has 0 fully saturated rings. The van der Waals surface area contributed by atoms with E-state index in [0.29, 0.717) is 12.2 Å². The number of amides is 1. The first-order valence-corrected chi connectivity index (χ1v) is 7.16. The maximum Gasteiger partial charge on any atom is 0.308 e. The third-order valence-corrected chi connectivity index (χ3v) is 3.18. The van der Waals surface area contributed by atoms with Gasteiger partial charge in [-0.2, -0.15) is 0 Å². The summed E-state index contributed by atoms with van der Waals surface area (Å²) >= 11 is 0. The molecule has 1 unspecified atom stereocenters. The molecular weight excluding hydrogens is 270 g/mol. The number of hydrogen-bond acceptors (Lipinski definition) is 3. The number of carboxylic acid groups (broad SMARTS) is 1. The van der Waals surface area contributed by atoms with Crippen molar-refractivity contribution in [3.8, 4) is 5.75 Å². The second kappa shape index (κ2) is 8.29. The molecule has 0 saturated carbocycles. The van der Waals surface area contributed by atoms with Crippen molar-refractivity contribution in [2.24, 2.45) is 5.92 Å². The van der Waals surface area contributed by atoms with Gasteiger partial charge < -0.3 is 14.7 Å². The van der Waals surface area contributed by atoms with E-state index >= 15 is 0 Å². The third-order valence-electron chi connectivity index (χ3n) is 3.18. The van der Waals surface area contributed by atoms with Gasteiger partial charge >= 0.3 is 5.97 Å². The smallest absolute Gasteiger partial charge is 0.308 e. The van der Waals surface area contributed by atoms with Crippen molar-refractivity contribution >= 4 is 11.9 Å². The van der Waals surface area contributed by atoms with Crippen LogP contribution in [0.4, 0.5) is 0 Å². The zero-order valence-electron chi connectivity index (χ0n) is 12.8. The summed E-state index contributed by atoms with van der Waals surface area (Å²) in [6.45, 7) is 4.53. The van der Waals surface area contributed by atoms with Gasteiger partial charge in [0.2, 0.25) is 0 Å². The lowest BCUT2D eigenvalue weighted by Gasteiger charge is -2.19. The van der Waals surface area contributed by atoms with Crippen LogP contribution < -0.4 is 4.74 Å². The van der Waals surface area contributed by atoms with E-state index in [9.17, 15) is 9.59 Å². The van der Waals surface area contributed by atoms with E-state index in [1.165, 1.54) is 4.90 Å². The van der Waals surface area contributed by atoms with E-state index in [1.54, 1.807) is 38.2 Å². The lowest BCUT2D eigenvalue weighted by Crippen LogP contribution is -2.33. The van der Waals surface area contributed by atoms with Crippen LogP contribution in [-0.4, -0.2) is 42.1 Å². The number of hydrogen-bond donors (Lipinski definition) is 1. The lowest BCUT2D eigenvalue weighted by molar-refractivity contribution is -0.141. The van der Waals surface area contributed by atoms with Gasteiger partial charge in [0.15, 0.2) is 0 Å². The van der Waals surface area contributed by atoms with E-state index in [0.717, 1.165) is 18.6 Å². The van der Waals surface area contributed by atoms with Gasteiger partial charge in [0.1, 0.15) is 5.75 Å². The molecule has 0 aliphatic rings. The van der Waals surface area contributed by atoms with Gasteiger partial charge in [-0.05, 0) is 30.7 Å². The summed E-state index contributed by atoms with van der Waals surface area (Å²) in [6, 6.07) is 6.92. The summed E-state index contributed by atoms with van der Waals surface area (Å²) in [4.78, 5) is 24.4. The lowest BCUT2D eigenvalue weighted by atomic mass is 10.1. The van der Waals surface area contributed by atoms with Gasteiger partial charge in [0.05, 0.1) is 12.5 Å². The zero-order valence-corrected chi connectivity index (χ0v) is 12.8. The summed E-state index contributed by atoms with van der Waals surface area (Å²) in [5, 5.41) is 8.87. The van der Waals surface area contributed by atoms with Gasteiger partial charge in [-0.15, -0.1) is 0 Å². The Balaban J connectivity index is 2.59. The normalized spacial score (nSPS) is 11.8. The fourth-order valence-electron chi connectivity index (χ4n) is 1.82. The second-order valence-corrected chi connectivity index (χ2v) is 5.15. The average Bonchev–Trinajstić information content (AvgIpc) is 2.47. The first-order valence-electron chi connectivity index (χ1n) is 7.16. The van der Waals surface area contributed by atoms with Crippen LogP contribution in [0.15, 0.2) is 24.3 Å². The molecule has 1 rings (SSSR count). The summed E-state index contributed by atoms with van der Waals surface area (Å²) in [5.41, 5.74) is 0.526. The monoisotopic (exact) mass is 293 g/mol. The van der Waals surface area contributed by atoms with Crippen molar-refractivity contribution in [3.63, 3.8) is 0 Å². The number of unbranched alkanes of at least 4 members (excludes halogenated alkanes) is 1. The second-order valence-electron chi connectivity index (χ2n) is 5.15. The van der Waals surface area contributed by atoms with Crippen molar-refractivity contribution in [3.05, 3.63) is 29.8 Å². The van der Waals surface area contributed by atoms with Gasteiger partial charge in [0.25, 0.3) is 5.91 Å². The summed E-state index contributed by atoms with van der Waals surface area (Å²) in [7, 11) is 1.60. The Labute approximate surface area is 125 Å². The number of carbonyl (C=O) groups excluding carboxylic acids is 1. The van der Waals surface area contributed by atoms with Crippen LogP contribution >= 0.6 is 0 Å². The highest BCUT2D eigenvalue weighted by Crippen LogP contribution is 2.14. The van der Waals surface area contributed by atoms with Crippen LogP contribution in [0.3, 0.4) is 0 Å². The predicted molar refractivity (Wildman–Crippen MR) is 80.6 cm³/mol. The molecular formula is C16H23NO4.